The van der Waals surface area contributed by atoms with Crippen LogP contribution in [0.4, 0.5) is 0 Å². The fraction of sp³-hybridized carbons (Fsp3) is 0.370. The maximum absolute atomic E-state index is 12.4. The van der Waals surface area contributed by atoms with Crippen molar-refractivity contribution < 1.29 is 14.3 Å². The molecule has 2 aromatic carbocycles. The molecule has 0 fully saturated rings. The molecule has 1 unspecified atom stereocenters. The van der Waals surface area contributed by atoms with Crippen LogP contribution in [0.1, 0.15) is 73.7 Å². The fourth-order valence-electron chi connectivity index (χ4n) is 3.54. The van der Waals surface area contributed by atoms with Gasteiger partial charge in [0.25, 0.3) is 0 Å². The third kappa shape index (κ3) is 6.91. The summed E-state index contributed by atoms with van der Waals surface area (Å²) in [6.07, 6.45) is 16.9. The van der Waals surface area contributed by atoms with Crippen molar-refractivity contribution in [1.82, 2.24) is 0 Å². The molecule has 3 heteroatoms. The van der Waals surface area contributed by atoms with Crippen LogP contribution in [-0.2, 0) is 0 Å². The quantitative estimate of drug-likeness (QED) is 0.225. The van der Waals surface area contributed by atoms with E-state index in [2.05, 4.69) is 31.2 Å². The maximum atomic E-state index is 12.4. The van der Waals surface area contributed by atoms with Crippen molar-refractivity contribution in [3.63, 3.8) is 0 Å². The molecule has 0 N–H and O–H groups in total. The Morgan fingerprint density at radius 2 is 1.57 bits per heavy atom. The molecule has 1 aliphatic carbocycles. The van der Waals surface area contributed by atoms with Crippen LogP contribution in [0, 0.1) is 0 Å². The molecular formula is C27H32O3. The minimum Gasteiger partial charge on any atom is -0.494 e. The van der Waals surface area contributed by atoms with Gasteiger partial charge in [0.1, 0.15) is 11.5 Å². The predicted octanol–water partition coefficient (Wildman–Crippen LogP) is 7.24. The highest BCUT2D eigenvalue weighted by atomic mass is 16.5. The van der Waals surface area contributed by atoms with Crippen LogP contribution in [0.15, 0.2) is 72.8 Å². The zero-order valence-electron chi connectivity index (χ0n) is 17.9. The lowest BCUT2D eigenvalue weighted by Gasteiger charge is -2.14. The van der Waals surface area contributed by atoms with Crippen molar-refractivity contribution in [1.29, 1.82) is 0 Å². The minimum atomic E-state index is -0.356. The zero-order valence-corrected chi connectivity index (χ0v) is 17.9. The van der Waals surface area contributed by atoms with Crippen molar-refractivity contribution >= 4 is 5.97 Å². The molecule has 1 aliphatic rings. The van der Waals surface area contributed by atoms with Crippen LogP contribution in [0.3, 0.4) is 0 Å². The molecular weight excluding hydrogens is 372 g/mol. The Balaban J connectivity index is 1.43. The lowest BCUT2D eigenvalue weighted by Crippen LogP contribution is -2.08. The van der Waals surface area contributed by atoms with Gasteiger partial charge in [0.2, 0.25) is 0 Å². The van der Waals surface area contributed by atoms with Crippen molar-refractivity contribution in [3.05, 3.63) is 84.0 Å². The van der Waals surface area contributed by atoms with Gasteiger partial charge in [-0.3, -0.25) is 0 Å². The van der Waals surface area contributed by atoms with E-state index in [-0.39, 0.29) is 5.97 Å². The third-order valence-electron chi connectivity index (χ3n) is 5.36. The molecule has 0 radical (unpaired) electrons. The largest absolute Gasteiger partial charge is 0.494 e. The first-order valence-electron chi connectivity index (χ1n) is 11.1. The molecule has 0 saturated carbocycles. The first-order chi connectivity index (χ1) is 14.8. The number of allylic oxidation sites excluding steroid dienone is 4. The number of ether oxygens (including phenoxy) is 2. The standard InChI is InChI=1S/C27H32O3/c1-2-3-4-5-6-10-21-29-25-17-15-24(16-18-25)27(28)30-26-19-13-23(14-20-26)22-11-8-7-9-12-22/h7-9,11,13-20,22H,2-6,10,12,21H2,1H3. The first-order valence-corrected chi connectivity index (χ1v) is 11.1. The van der Waals surface area contributed by atoms with E-state index in [1.54, 1.807) is 12.1 Å². The Bertz CT molecular complexity index is 831. The van der Waals surface area contributed by atoms with Gasteiger partial charge in [0.15, 0.2) is 0 Å². The van der Waals surface area contributed by atoms with Gasteiger partial charge >= 0.3 is 5.97 Å². The first kappa shape index (κ1) is 21.9. The van der Waals surface area contributed by atoms with Gasteiger partial charge in [-0.15, -0.1) is 0 Å². The van der Waals surface area contributed by atoms with Crippen molar-refractivity contribution in [2.24, 2.45) is 0 Å². The number of carbonyl (C=O) groups excluding carboxylic acids is 1. The number of benzene rings is 2. The second kappa shape index (κ2) is 12.0. The lowest BCUT2D eigenvalue weighted by molar-refractivity contribution is 0.0734. The summed E-state index contributed by atoms with van der Waals surface area (Å²) in [7, 11) is 0. The van der Waals surface area contributed by atoms with E-state index in [0.29, 0.717) is 23.8 Å². The predicted molar refractivity (Wildman–Crippen MR) is 122 cm³/mol. The Labute approximate surface area is 180 Å². The van der Waals surface area contributed by atoms with Crippen LogP contribution in [-0.4, -0.2) is 12.6 Å². The van der Waals surface area contributed by atoms with Crippen LogP contribution in [0.5, 0.6) is 11.5 Å². The normalized spacial score (nSPS) is 15.2. The van der Waals surface area contributed by atoms with Crippen molar-refractivity contribution in [2.75, 3.05) is 6.61 Å². The van der Waals surface area contributed by atoms with Crippen LogP contribution < -0.4 is 9.47 Å². The smallest absolute Gasteiger partial charge is 0.343 e. The molecule has 0 bridgehead atoms. The molecule has 0 heterocycles. The molecule has 2 aromatic rings. The minimum absolute atomic E-state index is 0.356. The SMILES string of the molecule is CCCCCCCCOc1ccc(C(=O)Oc2ccc(C3C=CC=CC3)cc2)cc1. The van der Waals surface area contributed by atoms with Gasteiger partial charge in [-0.25, -0.2) is 4.79 Å². The number of esters is 1. The summed E-state index contributed by atoms with van der Waals surface area (Å²) < 4.78 is 11.3. The Kier molecular flexibility index (Phi) is 8.77. The second-order valence-electron chi connectivity index (χ2n) is 7.75. The zero-order chi connectivity index (χ0) is 21.0. The average Bonchev–Trinajstić information content (AvgIpc) is 2.80. The lowest BCUT2D eigenvalue weighted by atomic mass is 9.93. The number of rotatable bonds is 11. The molecule has 158 valence electrons. The van der Waals surface area contributed by atoms with Crippen molar-refractivity contribution in [3.8, 4) is 11.5 Å². The van der Waals surface area contributed by atoms with Gasteiger partial charge in [0.05, 0.1) is 12.2 Å². The van der Waals surface area contributed by atoms with E-state index < -0.39 is 0 Å². The van der Waals surface area contributed by atoms with Gasteiger partial charge in [0, 0.05) is 5.92 Å². The van der Waals surface area contributed by atoms with Gasteiger partial charge in [-0.05, 0) is 54.8 Å². The summed E-state index contributed by atoms with van der Waals surface area (Å²) in [5.41, 5.74) is 1.74. The monoisotopic (exact) mass is 404 g/mol. The molecule has 30 heavy (non-hydrogen) atoms. The fourth-order valence-corrected chi connectivity index (χ4v) is 3.54. The number of hydrogen-bond acceptors (Lipinski definition) is 3. The van der Waals surface area contributed by atoms with Crippen LogP contribution in [0.2, 0.25) is 0 Å². The molecule has 3 nitrogen and oxygen atoms in total. The number of hydrogen-bond donors (Lipinski definition) is 0. The highest BCUT2D eigenvalue weighted by Gasteiger charge is 2.11. The van der Waals surface area contributed by atoms with E-state index in [0.717, 1.165) is 18.6 Å². The summed E-state index contributed by atoms with van der Waals surface area (Å²) in [5.74, 6) is 1.39. The summed E-state index contributed by atoms with van der Waals surface area (Å²) in [6.45, 7) is 2.94. The Morgan fingerprint density at radius 1 is 0.867 bits per heavy atom. The Morgan fingerprint density at radius 3 is 2.27 bits per heavy atom. The third-order valence-corrected chi connectivity index (χ3v) is 5.36. The van der Waals surface area contributed by atoms with E-state index in [9.17, 15) is 4.79 Å². The van der Waals surface area contributed by atoms with Gasteiger partial charge in [-0.1, -0.05) is 75.5 Å². The van der Waals surface area contributed by atoms with E-state index in [4.69, 9.17) is 9.47 Å². The van der Waals surface area contributed by atoms with Gasteiger partial charge in [-0.2, -0.15) is 0 Å². The molecule has 0 aliphatic heterocycles. The topological polar surface area (TPSA) is 35.5 Å². The van der Waals surface area contributed by atoms with Crippen LogP contribution >= 0.6 is 0 Å². The average molecular weight is 405 g/mol. The summed E-state index contributed by atoms with van der Waals surface area (Å²) in [6, 6.07) is 14.9. The summed E-state index contributed by atoms with van der Waals surface area (Å²) in [5, 5.41) is 0. The number of carbonyl (C=O) groups is 1. The molecule has 3 rings (SSSR count). The maximum Gasteiger partial charge on any atom is 0.343 e. The molecule has 0 aromatic heterocycles. The van der Waals surface area contributed by atoms with E-state index in [1.807, 2.05) is 36.4 Å². The van der Waals surface area contributed by atoms with Gasteiger partial charge < -0.3 is 9.47 Å². The molecule has 1 atom stereocenters. The van der Waals surface area contributed by atoms with Crippen LogP contribution in [0.25, 0.3) is 0 Å². The highest BCUT2D eigenvalue weighted by molar-refractivity contribution is 5.91. The molecule has 0 spiro atoms. The molecule has 0 amide bonds. The molecule has 0 saturated heterocycles. The van der Waals surface area contributed by atoms with E-state index in [1.165, 1.54) is 37.7 Å². The Hall–Kier alpha value is -2.81. The summed E-state index contributed by atoms with van der Waals surface area (Å²) in [4.78, 5) is 12.4. The second-order valence-corrected chi connectivity index (χ2v) is 7.75. The number of unbranched alkanes of at least 4 members (excludes halogenated alkanes) is 5. The summed E-state index contributed by atoms with van der Waals surface area (Å²) >= 11 is 0. The van der Waals surface area contributed by atoms with E-state index >= 15 is 0 Å². The van der Waals surface area contributed by atoms with Crippen molar-refractivity contribution in [2.45, 2.75) is 57.8 Å². The highest BCUT2D eigenvalue weighted by Crippen LogP contribution is 2.26.